The number of hydrogen-bond donors (Lipinski definition) is 0. The van der Waals surface area contributed by atoms with E-state index in [0.717, 1.165) is 22.1 Å². The molecular weight excluding hydrogens is 269 g/mol. The van der Waals surface area contributed by atoms with Gasteiger partial charge in [0.25, 0.3) is 0 Å². The van der Waals surface area contributed by atoms with Crippen LogP contribution < -0.4 is 0 Å². The Labute approximate surface area is 114 Å². The second kappa shape index (κ2) is 5.97. The van der Waals surface area contributed by atoms with E-state index in [2.05, 4.69) is 0 Å². The van der Waals surface area contributed by atoms with Gasteiger partial charge in [0.1, 0.15) is 0 Å². The number of halogens is 3. The maximum Gasteiger partial charge on any atom is 0.417 e. The van der Waals surface area contributed by atoms with Crippen molar-refractivity contribution >= 4 is 17.3 Å². The Morgan fingerprint density at radius 3 is 1.89 bits per heavy atom. The molecule has 0 aliphatic carbocycles. The van der Waals surface area contributed by atoms with Gasteiger partial charge in [-0.1, -0.05) is 60.3 Å². The summed E-state index contributed by atoms with van der Waals surface area (Å²) in [7, 11) is 0. The summed E-state index contributed by atoms with van der Waals surface area (Å²) in [6.07, 6.45) is -4.36. The van der Waals surface area contributed by atoms with E-state index in [1.54, 1.807) is 42.5 Å². The zero-order valence-electron chi connectivity index (χ0n) is 9.89. The fourth-order valence-electron chi connectivity index (χ4n) is 1.54. The summed E-state index contributed by atoms with van der Waals surface area (Å²) in [5, 5.41) is 1.16. The van der Waals surface area contributed by atoms with Crippen LogP contribution >= 0.6 is 11.8 Å². The van der Waals surface area contributed by atoms with E-state index < -0.39 is 11.7 Å². The summed E-state index contributed by atoms with van der Waals surface area (Å²) >= 11 is 1.07. The normalized spacial score (nSPS) is 12.5. The first-order valence-electron chi connectivity index (χ1n) is 5.62. The zero-order chi connectivity index (χ0) is 13.7. The molecule has 98 valence electrons. The van der Waals surface area contributed by atoms with Crippen molar-refractivity contribution in [2.45, 2.75) is 11.1 Å². The standard InChI is InChI=1S/C15H11F3S/c16-15(17,18)14(12-7-3-1-4-8-12)11-19-13-9-5-2-6-10-13/h1-11H/b14-11+. The van der Waals surface area contributed by atoms with Gasteiger partial charge >= 0.3 is 6.18 Å². The highest BCUT2D eigenvalue weighted by Crippen LogP contribution is 2.36. The van der Waals surface area contributed by atoms with Gasteiger partial charge in [-0.3, -0.25) is 0 Å². The van der Waals surface area contributed by atoms with Crippen molar-refractivity contribution in [2.75, 3.05) is 0 Å². The first-order valence-corrected chi connectivity index (χ1v) is 6.50. The Hall–Kier alpha value is -1.68. The highest BCUT2D eigenvalue weighted by Gasteiger charge is 2.34. The Morgan fingerprint density at radius 2 is 1.37 bits per heavy atom. The largest absolute Gasteiger partial charge is 0.417 e. The minimum absolute atomic E-state index is 0.179. The van der Waals surface area contributed by atoms with E-state index in [9.17, 15) is 13.2 Å². The second-order valence-corrected chi connectivity index (χ2v) is 4.77. The van der Waals surface area contributed by atoms with Gasteiger partial charge < -0.3 is 0 Å². The van der Waals surface area contributed by atoms with Crippen molar-refractivity contribution in [1.29, 1.82) is 0 Å². The molecule has 0 saturated carbocycles. The van der Waals surface area contributed by atoms with Crippen LogP contribution in [0.2, 0.25) is 0 Å². The van der Waals surface area contributed by atoms with E-state index in [0.29, 0.717) is 0 Å². The number of benzene rings is 2. The second-order valence-electron chi connectivity index (χ2n) is 3.83. The monoisotopic (exact) mass is 280 g/mol. The quantitative estimate of drug-likeness (QED) is 0.680. The summed E-state index contributed by atoms with van der Waals surface area (Å²) < 4.78 is 39.1. The lowest BCUT2D eigenvalue weighted by Gasteiger charge is -2.11. The van der Waals surface area contributed by atoms with E-state index in [4.69, 9.17) is 0 Å². The maximum atomic E-state index is 13.0. The third-order valence-corrected chi connectivity index (χ3v) is 3.34. The third kappa shape index (κ3) is 3.89. The average molecular weight is 280 g/mol. The molecule has 0 heterocycles. The van der Waals surface area contributed by atoms with Crippen molar-refractivity contribution in [3.63, 3.8) is 0 Å². The smallest absolute Gasteiger partial charge is 0.166 e. The molecule has 0 atom stereocenters. The van der Waals surface area contributed by atoms with Crippen LogP contribution in [-0.4, -0.2) is 6.18 Å². The molecule has 0 aliphatic heterocycles. The molecule has 0 amide bonds. The minimum atomic E-state index is -4.36. The molecule has 0 aliphatic rings. The van der Waals surface area contributed by atoms with Gasteiger partial charge in [0, 0.05) is 4.90 Å². The fourth-order valence-corrected chi connectivity index (χ4v) is 2.38. The highest BCUT2D eigenvalue weighted by atomic mass is 32.2. The first-order chi connectivity index (χ1) is 9.07. The lowest BCUT2D eigenvalue weighted by Crippen LogP contribution is -2.10. The first kappa shape index (κ1) is 13.7. The SMILES string of the molecule is FC(F)(F)/C(=C/Sc1ccccc1)c1ccccc1. The van der Waals surface area contributed by atoms with Crippen LogP contribution in [0.15, 0.2) is 71.0 Å². The lowest BCUT2D eigenvalue weighted by molar-refractivity contribution is -0.0687. The molecule has 2 aromatic rings. The molecule has 0 N–H and O–H groups in total. The van der Waals surface area contributed by atoms with Crippen LogP contribution in [0.5, 0.6) is 0 Å². The van der Waals surface area contributed by atoms with Crippen molar-refractivity contribution in [2.24, 2.45) is 0 Å². The van der Waals surface area contributed by atoms with Gasteiger partial charge in [0.2, 0.25) is 0 Å². The summed E-state index contributed by atoms with van der Waals surface area (Å²) in [5.41, 5.74) is -0.444. The van der Waals surface area contributed by atoms with Gasteiger partial charge in [0.15, 0.2) is 0 Å². The minimum Gasteiger partial charge on any atom is -0.166 e. The summed E-state index contributed by atoms with van der Waals surface area (Å²) in [4.78, 5) is 0.778. The summed E-state index contributed by atoms with van der Waals surface area (Å²) in [5.74, 6) is 0. The summed E-state index contributed by atoms with van der Waals surface area (Å²) in [6.45, 7) is 0. The van der Waals surface area contributed by atoms with Gasteiger partial charge in [-0.05, 0) is 23.1 Å². The average Bonchev–Trinajstić information content (AvgIpc) is 2.40. The number of thioether (sulfide) groups is 1. The Morgan fingerprint density at radius 1 is 0.842 bits per heavy atom. The van der Waals surface area contributed by atoms with Crippen LogP contribution in [0.4, 0.5) is 13.2 Å². The van der Waals surface area contributed by atoms with Crippen LogP contribution in [0.25, 0.3) is 5.57 Å². The summed E-state index contributed by atoms with van der Waals surface area (Å²) in [6, 6.07) is 16.8. The zero-order valence-corrected chi connectivity index (χ0v) is 10.7. The molecule has 0 saturated heterocycles. The molecule has 19 heavy (non-hydrogen) atoms. The highest BCUT2D eigenvalue weighted by molar-refractivity contribution is 8.02. The van der Waals surface area contributed by atoms with Gasteiger partial charge in [-0.15, -0.1) is 0 Å². The van der Waals surface area contributed by atoms with Crippen LogP contribution in [-0.2, 0) is 0 Å². The van der Waals surface area contributed by atoms with Crippen molar-refractivity contribution < 1.29 is 13.2 Å². The molecule has 0 bridgehead atoms. The molecule has 0 aromatic heterocycles. The molecular formula is C15H11F3S. The van der Waals surface area contributed by atoms with Gasteiger partial charge in [-0.25, -0.2) is 0 Å². The van der Waals surface area contributed by atoms with Crippen LogP contribution in [0.1, 0.15) is 5.56 Å². The molecule has 0 nitrogen and oxygen atoms in total. The molecule has 0 unspecified atom stereocenters. The van der Waals surface area contributed by atoms with Crippen LogP contribution in [0.3, 0.4) is 0 Å². The van der Waals surface area contributed by atoms with Crippen molar-refractivity contribution in [3.05, 3.63) is 71.6 Å². The number of allylic oxidation sites excluding steroid dienone is 1. The number of rotatable bonds is 3. The molecule has 0 fully saturated rings. The molecule has 2 rings (SSSR count). The van der Waals surface area contributed by atoms with E-state index >= 15 is 0 Å². The maximum absolute atomic E-state index is 13.0. The Bertz CT molecular complexity index is 545. The molecule has 0 radical (unpaired) electrons. The third-order valence-electron chi connectivity index (χ3n) is 2.45. The van der Waals surface area contributed by atoms with Gasteiger partial charge in [0.05, 0.1) is 5.57 Å². The number of alkyl halides is 3. The van der Waals surface area contributed by atoms with E-state index in [1.165, 1.54) is 12.1 Å². The van der Waals surface area contributed by atoms with Crippen LogP contribution in [0, 0.1) is 0 Å². The predicted molar refractivity (Wildman–Crippen MR) is 72.8 cm³/mol. The topological polar surface area (TPSA) is 0 Å². The van der Waals surface area contributed by atoms with E-state index in [-0.39, 0.29) is 5.56 Å². The molecule has 2 aromatic carbocycles. The number of hydrogen-bond acceptors (Lipinski definition) is 1. The van der Waals surface area contributed by atoms with E-state index in [1.807, 2.05) is 6.07 Å². The van der Waals surface area contributed by atoms with Crippen molar-refractivity contribution in [1.82, 2.24) is 0 Å². The fraction of sp³-hybridized carbons (Fsp3) is 0.0667. The lowest BCUT2D eigenvalue weighted by atomic mass is 10.1. The molecule has 4 heteroatoms. The molecule has 0 spiro atoms. The van der Waals surface area contributed by atoms with Gasteiger partial charge in [-0.2, -0.15) is 13.2 Å². The Balaban J connectivity index is 2.29. The van der Waals surface area contributed by atoms with Crippen molar-refractivity contribution in [3.8, 4) is 0 Å². The Kier molecular flexibility index (Phi) is 4.32. The predicted octanol–water partition coefficient (Wildman–Crippen LogP) is 5.38.